The molecule has 0 saturated carbocycles. The molecule has 0 bridgehead atoms. The van der Waals surface area contributed by atoms with Crippen LogP contribution in [0.2, 0.25) is 0 Å². The van der Waals surface area contributed by atoms with Crippen molar-refractivity contribution in [1.82, 2.24) is 5.32 Å². The Bertz CT molecular complexity index is 211. The number of nitrogens with one attached hydrogen (secondary N) is 1. The SMILES string of the molecule is CC(CCCl)CNC(=O)C1CCC(C)O1. The second-order valence-corrected chi connectivity index (χ2v) is 4.72. The third-order valence-corrected chi connectivity index (χ3v) is 2.97. The molecule has 0 spiro atoms. The first kappa shape index (κ1) is 12.8. The predicted molar refractivity (Wildman–Crippen MR) is 61.1 cm³/mol. The lowest BCUT2D eigenvalue weighted by molar-refractivity contribution is -0.131. The largest absolute Gasteiger partial charge is 0.365 e. The molecular formula is C11H20ClNO2. The maximum atomic E-state index is 11.6. The summed E-state index contributed by atoms with van der Waals surface area (Å²) >= 11 is 5.62. The molecule has 0 aliphatic carbocycles. The molecule has 1 heterocycles. The molecule has 1 fully saturated rings. The zero-order chi connectivity index (χ0) is 11.3. The van der Waals surface area contributed by atoms with Gasteiger partial charge >= 0.3 is 0 Å². The normalized spacial score (nSPS) is 27.7. The maximum absolute atomic E-state index is 11.6. The molecule has 1 saturated heterocycles. The van der Waals surface area contributed by atoms with Crippen molar-refractivity contribution in [3.8, 4) is 0 Å². The average molecular weight is 234 g/mol. The second kappa shape index (κ2) is 6.33. The molecular weight excluding hydrogens is 214 g/mol. The van der Waals surface area contributed by atoms with E-state index in [9.17, 15) is 4.79 Å². The van der Waals surface area contributed by atoms with E-state index in [0.717, 1.165) is 19.3 Å². The van der Waals surface area contributed by atoms with E-state index in [0.29, 0.717) is 18.3 Å². The zero-order valence-corrected chi connectivity index (χ0v) is 10.2. The number of hydrogen-bond donors (Lipinski definition) is 1. The highest BCUT2D eigenvalue weighted by molar-refractivity contribution is 6.17. The minimum absolute atomic E-state index is 0.0285. The topological polar surface area (TPSA) is 38.3 Å². The molecule has 88 valence electrons. The smallest absolute Gasteiger partial charge is 0.249 e. The number of alkyl halides is 1. The van der Waals surface area contributed by atoms with Gasteiger partial charge in [0.1, 0.15) is 6.10 Å². The summed E-state index contributed by atoms with van der Waals surface area (Å²) < 4.78 is 5.48. The summed E-state index contributed by atoms with van der Waals surface area (Å²) in [5.41, 5.74) is 0. The van der Waals surface area contributed by atoms with E-state index in [2.05, 4.69) is 12.2 Å². The standard InChI is InChI=1S/C11H20ClNO2/c1-8(5-6-12)7-13-11(14)10-4-3-9(2)15-10/h8-10H,3-7H2,1-2H3,(H,13,14). The Labute approximate surface area is 96.5 Å². The quantitative estimate of drug-likeness (QED) is 0.737. The highest BCUT2D eigenvalue weighted by Crippen LogP contribution is 2.18. The van der Waals surface area contributed by atoms with Crippen LogP contribution in [0.15, 0.2) is 0 Å². The van der Waals surface area contributed by atoms with Gasteiger partial charge in [-0.3, -0.25) is 4.79 Å². The van der Waals surface area contributed by atoms with Gasteiger partial charge in [-0.05, 0) is 32.1 Å². The molecule has 0 aromatic rings. The molecule has 4 heteroatoms. The number of ether oxygens (including phenoxy) is 1. The summed E-state index contributed by atoms with van der Waals surface area (Å²) in [5.74, 6) is 1.11. The van der Waals surface area contributed by atoms with Crippen LogP contribution in [0, 0.1) is 5.92 Å². The van der Waals surface area contributed by atoms with E-state index >= 15 is 0 Å². The van der Waals surface area contributed by atoms with E-state index in [1.165, 1.54) is 0 Å². The Balaban J connectivity index is 2.18. The first-order chi connectivity index (χ1) is 7.13. The second-order valence-electron chi connectivity index (χ2n) is 4.34. The molecule has 1 aliphatic heterocycles. The van der Waals surface area contributed by atoms with Gasteiger partial charge in [-0.15, -0.1) is 11.6 Å². The summed E-state index contributed by atoms with van der Waals surface area (Å²) in [4.78, 5) is 11.6. The minimum atomic E-state index is -0.233. The average Bonchev–Trinajstić information content (AvgIpc) is 2.62. The Morgan fingerprint density at radius 3 is 2.87 bits per heavy atom. The van der Waals surface area contributed by atoms with Crippen molar-refractivity contribution >= 4 is 17.5 Å². The van der Waals surface area contributed by atoms with Crippen molar-refractivity contribution in [3.63, 3.8) is 0 Å². The van der Waals surface area contributed by atoms with Gasteiger partial charge in [-0.25, -0.2) is 0 Å². The van der Waals surface area contributed by atoms with Crippen LogP contribution in [0.1, 0.15) is 33.1 Å². The van der Waals surface area contributed by atoms with E-state index < -0.39 is 0 Å². The highest BCUT2D eigenvalue weighted by atomic mass is 35.5. The fourth-order valence-electron chi connectivity index (χ4n) is 1.67. The monoisotopic (exact) mass is 233 g/mol. The molecule has 0 aromatic carbocycles. The number of carbonyl (C=O) groups is 1. The van der Waals surface area contributed by atoms with Crippen molar-refractivity contribution in [1.29, 1.82) is 0 Å². The number of halogens is 1. The van der Waals surface area contributed by atoms with Crippen LogP contribution < -0.4 is 5.32 Å². The molecule has 1 N–H and O–H groups in total. The first-order valence-corrected chi connectivity index (χ1v) is 6.16. The first-order valence-electron chi connectivity index (χ1n) is 5.62. The summed E-state index contributed by atoms with van der Waals surface area (Å²) in [6, 6.07) is 0. The molecule has 15 heavy (non-hydrogen) atoms. The van der Waals surface area contributed by atoms with Crippen LogP contribution in [-0.4, -0.2) is 30.5 Å². The van der Waals surface area contributed by atoms with E-state index in [1.807, 2.05) is 6.92 Å². The van der Waals surface area contributed by atoms with Crippen molar-refractivity contribution in [3.05, 3.63) is 0 Å². The van der Waals surface area contributed by atoms with Crippen LogP contribution in [0.25, 0.3) is 0 Å². The van der Waals surface area contributed by atoms with Gasteiger partial charge < -0.3 is 10.1 Å². The van der Waals surface area contributed by atoms with Gasteiger partial charge in [0.2, 0.25) is 5.91 Å². The maximum Gasteiger partial charge on any atom is 0.249 e. The van der Waals surface area contributed by atoms with Gasteiger partial charge in [0, 0.05) is 12.4 Å². The molecule has 0 aromatic heterocycles. The Morgan fingerprint density at radius 2 is 2.33 bits per heavy atom. The molecule has 1 amide bonds. The van der Waals surface area contributed by atoms with Crippen molar-refractivity contribution in [2.45, 2.75) is 45.3 Å². The predicted octanol–water partition coefficient (Wildman–Crippen LogP) is 1.94. The van der Waals surface area contributed by atoms with E-state index in [4.69, 9.17) is 16.3 Å². The van der Waals surface area contributed by atoms with Gasteiger partial charge in [0.05, 0.1) is 6.10 Å². The molecule has 1 aliphatic rings. The summed E-state index contributed by atoms with van der Waals surface area (Å²) in [7, 11) is 0. The van der Waals surface area contributed by atoms with Crippen molar-refractivity contribution < 1.29 is 9.53 Å². The zero-order valence-electron chi connectivity index (χ0n) is 9.46. The third kappa shape index (κ3) is 4.39. The summed E-state index contributed by atoms with van der Waals surface area (Å²) in [6.07, 6.45) is 2.75. The van der Waals surface area contributed by atoms with Crippen LogP contribution in [0.4, 0.5) is 0 Å². The molecule has 3 unspecified atom stereocenters. The van der Waals surface area contributed by atoms with Gasteiger partial charge in [-0.1, -0.05) is 6.92 Å². The van der Waals surface area contributed by atoms with Crippen LogP contribution in [0.5, 0.6) is 0 Å². The molecule has 3 atom stereocenters. The highest BCUT2D eigenvalue weighted by Gasteiger charge is 2.27. The van der Waals surface area contributed by atoms with Gasteiger partial charge in [0.25, 0.3) is 0 Å². The minimum Gasteiger partial charge on any atom is -0.365 e. The number of rotatable bonds is 5. The number of hydrogen-bond acceptors (Lipinski definition) is 2. The molecule has 0 radical (unpaired) electrons. The number of amides is 1. The Kier molecular flexibility index (Phi) is 5.40. The van der Waals surface area contributed by atoms with Crippen LogP contribution >= 0.6 is 11.6 Å². The summed E-state index contributed by atoms with van der Waals surface area (Å²) in [5, 5.41) is 2.91. The fraction of sp³-hybridized carbons (Fsp3) is 0.909. The van der Waals surface area contributed by atoms with E-state index in [-0.39, 0.29) is 18.1 Å². The lowest BCUT2D eigenvalue weighted by Crippen LogP contribution is -2.37. The summed E-state index contributed by atoms with van der Waals surface area (Å²) in [6.45, 7) is 4.78. The molecule has 3 nitrogen and oxygen atoms in total. The van der Waals surface area contributed by atoms with Gasteiger partial charge in [-0.2, -0.15) is 0 Å². The van der Waals surface area contributed by atoms with Crippen LogP contribution in [-0.2, 0) is 9.53 Å². The Hall–Kier alpha value is -0.280. The van der Waals surface area contributed by atoms with Crippen LogP contribution in [0.3, 0.4) is 0 Å². The van der Waals surface area contributed by atoms with Crippen molar-refractivity contribution in [2.75, 3.05) is 12.4 Å². The lowest BCUT2D eigenvalue weighted by Gasteiger charge is -2.14. The lowest BCUT2D eigenvalue weighted by atomic mass is 10.1. The van der Waals surface area contributed by atoms with Crippen molar-refractivity contribution in [2.24, 2.45) is 5.92 Å². The fourth-order valence-corrected chi connectivity index (χ4v) is 2.04. The third-order valence-electron chi connectivity index (χ3n) is 2.75. The Morgan fingerprint density at radius 1 is 1.60 bits per heavy atom. The van der Waals surface area contributed by atoms with Gasteiger partial charge in [0.15, 0.2) is 0 Å². The molecule has 1 rings (SSSR count). The number of carbonyl (C=O) groups excluding carboxylic acids is 1. The van der Waals surface area contributed by atoms with E-state index in [1.54, 1.807) is 0 Å².